The van der Waals surface area contributed by atoms with Gasteiger partial charge < -0.3 is 4.57 Å². The first-order chi connectivity index (χ1) is 14.2. The molecule has 29 heavy (non-hydrogen) atoms. The van der Waals surface area contributed by atoms with Crippen LogP contribution in [0.15, 0.2) is 78.9 Å². The number of rotatable bonds is 1. The molecule has 0 atom stereocenters. The zero-order valence-corrected chi connectivity index (χ0v) is 16.6. The molecule has 6 rings (SSSR count). The Labute approximate surface area is 172 Å². The Morgan fingerprint density at radius 1 is 0.690 bits per heavy atom. The van der Waals surface area contributed by atoms with Crippen LogP contribution >= 0.6 is 11.3 Å². The van der Waals surface area contributed by atoms with Crippen LogP contribution in [0.1, 0.15) is 0 Å². The van der Waals surface area contributed by atoms with E-state index >= 15 is 0 Å². The molecule has 0 saturated heterocycles. The van der Waals surface area contributed by atoms with Gasteiger partial charge in [0.2, 0.25) is 0 Å². The lowest BCUT2D eigenvalue weighted by Crippen LogP contribution is -1.86. The molecule has 2 heterocycles. The molecule has 136 valence electrons. The zero-order chi connectivity index (χ0) is 19.5. The molecule has 0 bridgehead atoms. The number of hydrogen-bond donors (Lipinski definition) is 0. The number of fused-ring (bicyclic) bond motifs is 6. The summed E-state index contributed by atoms with van der Waals surface area (Å²) >= 11 is 1.85. The van der Waals surface area contributed by atoms with Crippen LogP contribution in [0, 0.1) is 6.57 Å². The summed E-state index contributed by atoms with van der Waals surface area (Å²) in [5.74, 6) is 0. The number of thiophene rings is 1. The number of nitrogens with zero attached hydrogens (tertiary/aromatic N) is 2. The van der Waals surface area contributed by atoms with Crippen LogP contribution in [-0.4, -0.2) is 4.57 Å². The maximum Gasteiger partial charge on any atom is 0.189 e. The fourth-order valence-corrected chi connectivity index (χ4v) is 5.44. The lowest BCUT2D eigenvalue weighted by molar-refractivity contribution is 1.01. The molecule has 3 heteroatoms. The SMILES string of the molecule is [C-]#[N+]c1ccc2c3cc(-c4ccc5sc6ccccc6c5c4)ccc3n(C)c2c1. The van der Waals surface area contributed by atoms with E-state index < -0.39 is 0 Å². The molecule has 0 aliphatic heterocycles. The van der Waals surface area contributed by atoms with Crippen LogP contribution in [0.25, 0.3) is 58.0 Å². The summed E-state index contributed by atoms with van der Waals surface area (Å²) in [4.78, 5) is 3.58. The summed E-state index contributed by atoms with van der Waals surface area (Å²) in [6.07, 6.45) is 0. The van der Waals surface area contributed by atoms with E-state index in [0.717, 1.165) is 5.52 Å². The Balaban J connectivity index is 1.60. The first-order valence-electron chi connectivity index (χ1n) is 9.54. The standard InChI is InChI=1S/C26H16N2S/c1-27-18-9-10-19-21-13-16(7-11-23(21)28(2)24(19)15-18)17-8-12-26-22(14-17)20-5-3-4-6-25(20)29-26/h3-15H,2H3. The molecule has 0 radical (unpaired) electrons. The highest BCUT2D eigenvalue weighted by Gasteiger charge is 2.11. The van der Waals surface area contributed by atoms with Crippen molar-refractivity contribution >= 4 is 59.0 Å². The highest BCUT2D eigenvalue weighted by atomic mass is 32.1. The number of aryl methyl sites for hydroxylation is 1. The fourth-order valence-electron chi connectivity index (χ4n) is 4.35. The average molecular weight is 388 g/mol. The molecule has 0 saturated carbocycles. The predicted octanol–water partition coefficient (Wildman–Crippen LogP) is 7.92. The molecule has 0 amide bonds. The van der Waals surface area contributed by atoms with Crippen LogP contribution in [0.2, 0.25) is 0 Å². The zero-order valence-electron chi connectivity index (χ0n) is 15.8. The molecule has 0 N–H and O–H groups in total. The van der Waals surface area contributed by atoms with Gasteiger partial charge in [0.05, 0.1) is 6.57 Å². The third-order valence-corrected chi connectivity index (χ3v) is 6.98. The fraction of sp³-hybridized carbons (Fsp3) is 0.0385. The summed E-state index contributed by atoms with van der Waals surface area (Å²) < 4.78 is 4.84. The van der Waals surface area contributed by atoms with Crippen molar-refractivity contribution in [2.45, 2.75) is 0 Å². The molecule has 0 aliphatic rings. The summed E-state index contributed by atoms with van der Waals surface area (Å²) in [6, 6.07) is 28.0. The molecule has 0 fully saturated rings. The van der Waals surface area contributed by atoms with Crippen LogP contribution in [0.4, 0.5) is 5.69 Å². The van der Waals surface area contributed by atoms with Gasteiger partial charge in [0.25, 0.3) is 0 Å². The highest BCUT2D eigenvalue weighted by Crippen LogP contribution is 2.38. The van der Waals surface area contributed by atoms with E-state index in [0.29, 0.717) is 5.69 Å². The third kappa shape index (κ3) is 2.33. The van der Waals surface area contributed by atoms with E-state index in [1.165, 1.54) is 47.6 Å². The molecule has 0 aliphatic carbocycles. The second-order valence-corrected chi connectivity index (χ2v) is 8.50. The Morgan fingerprint density at radius 3 is 2.31 bits per heavy atom. The lowest BCUT2D eigenvalue weighted by Gasteiger charge is -2.04. The molecule has 2 nitrogen and oxygen atoms in total. The summed E-state index contributed by atoms with van der Waals surface area (Å²) in [7, 11) is 2.07. The summed E-state index contributed by atoms with van der Waals surface area (Å²) in [6.45, 7) is 7.30. The van der Waals surface area contributed by atoms with Crippen LogP contribution in [0.3, 0.4) is 0 Å². The van der Waals surface area contributed by atoms with Crippen molar-refractivity contribution in [3.05, 3.63) is 90.3 Å². The second kappa shape index (κ2) is 5.94. The van der Waals surface area contributed by atoms with Gasteiger partial charge in [-0.1, -0.05) is 42.5 Å². The van der Waals surface area contributed by atoms with Crippen molar-refractivity contribution in [3.63, 3.8) is 0 Å². The first kappa shape index (κ1) is 16.4. The third-order valence-electron chi connectivity index (χ3n) is 5.83. The van der Waals surface area contributed by atoms with Crippen molar-refractivity contribution in [2.75, 3.05) is 0 Å². The highest BCUT2D eigenvalue weighted by molar-refractivity contribution is 7.25. The monoisotopic (exact) mass is 388 g/mol. The van der Waals surface area contributed by atoms with E-state index in [-0.39, 0.29) is 0 Å². The van der Waals surface area contributed by atoms with E-state index in [9.17, 15) is 0 Å². The first-order valence-corrected chi connectivity index (χ1v) is 10.4. The topological polar surface area (TPSA) is 9.29 Å². The molecular formula is C26H16N2S. The Morgan fingerprint density at radius 2 is 1.45 bits per heavy atom. The van der Waals surface area contributed by atoms with Crippen LogP contribution in [0.5, 0.6) is 0 Å². The number of benzene rings is 4. The van der Waals surface area contributed by atoms with Crippen molar-refractivity contribution in [1.29, 1.82) is 0 Å². The summed E-state index contributed by atoms with van der Waals surface area (Å²) in [5, 5.41) is 5.07. The molecule has 4 aromatic carbocycles. The van der Waals surface area contributed by atoms with E-state index in [1.54, 1.807) is 0 Å². The van der Waals surface area contributed by atoms with Crippen molar-refractivity contribution in [3.8, 4) is 11.1 Å². The largest absolute Gasteiger partial charge is 0.345 e. The van der Waals surface area contributed by atoms with Crippen LogP contribution in [-0.2, 0) is 7.05 Å². The Hall–Kier alpha value is -3.61. The van der Waals surface area contributed by atoms with Crippen molar-refractivity contribution < 1.29 is 0 Å². The minimum absolute atomic E-state index is 0.679. The van der Waals surface area contributed by atoms with Gasteiger partial charge in [-0.3, -0.25) is 0 Å². The maximum absolute atomic E-state index is 7.30. The number of aromatic nitrogens is 1. The van der Waals surface area contributed by atoms with Gasteiger partial charge in [0, 0.05) is 49.0 Å². The van der Waals surface area contributed by atoms with Gasteiger partial charge in [-0.25, -0.2) is 4.85 Å². The van der Waals surface area contributed by atoms with Crippen molar-refractivity contribution in [1.82, 2.24) is 4.57 Å². The van der Waals surface area contributed by atoms with Gasteiger partial charge in [-0.15, -0.1) is 11.3 Å². The van der Waals surface area contributed by atoms with Gasteiger partial charge in [-0.05, 0) is 47.5 Å². The van der Waals surface area contributed by atoms with Gasteiger partial charge in [-0.2, -0.15) is 0 Å². The van der Waals surface area contributed by atoms with Crippen LogP contribution < -0.4 is 0 Å². The Bertz CT molecular complexity index is 1630. The average Bonchev–Trinajstić information content (AvgIpc) is 3.28. The predicted molar refractivity (Wildman–Crippen MR) is 125 cm³/mol. The maximum atomic E-state index is 7.30. The summed E-state index contributed by atoms with van der Waals surface area (Å²) in [5.41, 5.74) is 5.42. The van der Waals surface area contributed by atoms with E-state index in [2.05, 4.69) is 83.2 Å². The minimum Gasteiger partial charge on any atom is -0.345 e. The minimum atomic E-state index is 0.679. The smallest absolute Gasteiger partial charge is 0.189 e. The van der Waals surface area contributed by atoms with Crippen molar-refractivity contribution in [2.24, 2.45) is 7.05 Å². The molecule has 0 spiro atoms. The molecular weight excluding hydrogens is 372 g/mol. The molecule has 0 unspecified atom stereocenters. The van der Waals surface area contributed by atoms with E-state index in [1.807, 2.05) is 23.5 Å². The second-order valence-electron chi connectivity index (χ2n) is 7.41. The quantitative estimate of drug-likeness (QED) is 0.253. The molecule has 6 aromatic rings. The lowest BCUT2D eigenvalue weighted by atomic mass is 10.0. The molecule has 2 aromatic heterocycles. The number of hydrogen-bond acceptors (Lipinski definition) is 1. The normalized spacial score (nSPS) is 11.6. The van der Waals surface area contributed by atoms with E-state index in [4.69, 9.17) is 6.57 Å². The van der Waals surface area contributed by atoms with Gasteiger partial charge in [0.1, 0.15) is 0 Å². The van der Waals surface area contributed by atoms with Gasteiger partial charge >= 0.3 is 0 Å². The Kier molecular flexibility index (Phi) is 3.35. The van der Waals surface area contributed by atoms with Gasteiger partial charge in [0.15, 0.2) is 5.69 Å².